The Morgan fingerprint density at radius 2 is 1.07 bits per heavy atom. The minimum absolute atomic E-state index is 0.682. The Hall–Kier alpha value is -0.0800. The van der Waals surface area contributed by atoms with Crippen LogP contribution >= 0.6 is 0 Å². The molecule has 0 amide bonds. The Kier molecular flexibility index (Phi) is 3.96. The van der Waals surface area contributed by atoms with Crippen LogP contribution in [0.1, 0.15) is 41.5 Å². The largest absolute Gasteiger partial charge is 0.295 e. The molecule has 0 N–H and O–H groups in total. The molecule has 1 heterocycles. The zero-order valence-electron chi connectivity index (χ0n) is 10.6. The molecular formula is C12H26N2. The van der Waals surface area contributed by atoms with Crippen molar-refractivity contribution in [2.24, 2.45) is 0 Å². The van der Waals surface area contributed by atoms with Crippen LogP contribution in [0, 0.1) is 0 Å². The summed E-state index contributed by atoms with van der Waals surface area (Å²) in [6, 6.07) is 2.77. The molecule has 0 aromatic carbocycles. The van der Waals surface area contributed by atoms with Crippen molar-refractivity contribution in [2.75, 3.05) is 13.1 Å². The van der Waals surface area contributed by atoms with E-state index < -0.39 is 0 Å². The highest BCUT2D eigenvalue weighted by Gasteiger charge is 2.31. The molecule has 2 atom stereocenters. The molecule has 1 aliphatic rings. The van der Waals surface area contributed by atoms with Gasteiger partial charge in [0.25, 0.3) is 0 Å². The van der Waals surface area contributed by atoms with Gasteiger partial charge < -0.3 is 0 Å². The summed E-state index contributed by atoms with van der Waals surface area (Å²) in [7, 11) is 0. The van der Waals surface area contributed by atoms with Crippen molar-refractivity contribution >= 4 is 0 Å². The maximum atomic E-state index is 2.61. The number of rotatable bonds is 2. The maximum absolute atomic E-state index is 2.61. The van der Waals surface area contributed by atoms with E-state index in [1.54, 1.807) is 0 Å². The normalized spacial score (nSPS) is 31.7. The maximum Gasteiger partial charge on any atom is 0.0198 e. The van der Waals surface area contributed by atoms with Gasteiger partial charge in [0.2, 0.25) is 0 Å². The number of piperazine rings is 1. The lowest BCUT2D eigenvalue weighted by molar-refractivity contribution is 0.00740. The molecule has 0 spiro atoms. The van der Waals surface area contributed by atoms with Gasteiger partial charge in [-0.2, -0.15) is 0 Å². The molecule has 0 radical (unpaired) electrons. The van der Waals surface area contributed by atoms with Gasteiger partial charge in [-0.25, -0.2) is 0 Å². The third-order valence-corrected chi connectivity index (χ3v) is 3.41. The molecule has 1 fully saturated rings. The highest BCUT2D eigenvalue weighted by molar-refractivity contribution is 4.87. The first-order chi connectivity index (χ1) is 6.43. The molecule has 14 heavy (non-hydrogen) atoms. The third kappa shape index (κ3) is 2.48. The smallest absolute Gasteiger partial charge is 0.0198 e. The van der Waals surface area contributed by atoms with Crippen LogP contribution < -0.4 is 0 Å². The molecule has 1 unspecified atom stereocenters. The minimum Gasteiger partial charge on any atom is -0.295 e. The van der Waals surface area contributed by atoms with Crippen LogP contribution in [-0.2, 0) is 0 Å². The summed E-state index contributed by atoms with van der Waals surface area (Å²) in [6.07, 6.45) is 0. The van der Waals surface area contributed by atoms with Crippen molar-refractivity contribution in [3.05, 3.63) is 0 Å². The predicted octanol–water partition coefficient (Wildman–Crippen LogP) is 2.20. The first-order valence-corrected chi connectivity index (χ1v) is 5.95. The van der Waals surface area contributed by atoms with Gasteiger partial charge in [-0.15, -0.1) is 0 Å². The Labute approximate surface area is 89.3 Å². The molecule has 0 aromatic rings. The first kappa shape index (κ1) is 12.0. The standard InChI is InChI=1S/C12H26N2/c1-9(2)13-7-12(6)14(10(3)4)8-11(13)5/h9-12H,7-8H2,1-6H3/t11-,12?/m1/s1. The Morgan fingerprint density at radius 3 is 1.29 bits per heavy atom. The number of nitrogens with zero attached hydrogens (tertiary/aromatic N) is 2. The van der Waals surface area contributed by atoms with Crippen molar-refractivity contribution in [1.29, 1.82) is 0 Å². The molecule has 1 aliphatic heterocycles. The van der Waals surface area contributed by atoms with Gasteiger partial charge in [-0.3, -0.25) is 9.80 Å². The van der Waals surface area contributed by atoms with Crippen molar-refractivity contribution in [3.63, 3.8) is 0 Å². The monoisotopic (exact) mass is 198 g/mol. The van der Waals surface area contributed by atoms with Crippen LogP contribution in [0.15, 0.2) is 0 Å². The van der Waals surface area contributed by atoms with Crippen molar-refractivity contribution in [1.82, 2.24) is 9.80 Å². The second-order valence-corrected chi connectivity index (χ2v) is 5.28. The summed E-state index contributed by atoms with van der Waals surface area (Å²) in [6.45, 7) is 16.3. The highest BCUT2D eigenvalue weighted by Crippen LogP contribution is 2.19. The Balaban J connectivity index is 2.62. The molecule has 1 saturated heterocycles. The first-order valence-electron chi connectivity index (χ1n) is 5.95. The van der Waals surface area contributed by atoms with E-state index in [-0.39, 0.29) is 0 Å². The van der Waals surface area contributed by atoms with E-state index in [1.165, 1.54) is 13.1 Å². The van der Waals surface area contributed by atoms with Crippen molar-refractivity contribution in [2.45, 2.75) is 65.7 Å². The van der Waals surface area contributed by atoms with E-state index >= 15 is 0 Å². The summed E-state index contributed by atoms with van der Waals surface area (Å²) in [5.41, 5.74) is 0. The quantitative estimate of drug-likeness (QED) is 0.671. The summed E-state index contributed by atoms with van der Waals surface area (Å²) >= 11 is 0. The topological polar surface area (TPSA) is 6.48 Å². The molecule has 0 aliphatic carbocycles. The van der Waals surface area contributed by atoms with Gasteiger partial charge in [0.1, 0.15) is 0 Å². The molecule has 0 saturated carbocycles. The third-order valence-electron chi connectivity index (χ3n) is 3.41. The van der Waals surface area contributed by atoms with E-state index in [0.29, 0.717) is 24.2 Å². The zero-order chi connectivity index (χ0) is 10.9. The second-order valence-electron chi connectivity index (χ2n) is 5.28. The fraction of sp³-hybridized carbons (Fsp3) is 1.00. The average Bonchev–Trinajstić information content (AvgIpc) is 2.07. The Morgan fingerprint density at radius 1 is 0.786 bits per heavy atom. The van der Waals surface area contributed by atoms with E-state index in [9.17, 15) is 0 Å². The van der Waals surface area contributed by atoms with Crippen LogP contribution in [0.4, 0.5) is 0 Å². The molecule has 2 nitrogen and oxygen atoms in total. The van der Waals surface area contributed by atoms with Gasteiger partial charge in [-0.1, -0.05) is 0 Å². The lowest BCUT2D eigenvalue weighted by Gasteiger charge is -2.47. The summed E-state index contributed by atoms with van der Waals surface area (Å²) in [4.78, 5) is 5.23. The van der Waals surface area contributed by atoms with Crippen molar-refractivity contribution < 1.29 is 0 Å². The molecular weight excluding hydrogens is 172 g/mol. The summed E-state index contributed by atoms with van der Waals surface area (Å²) < 4.78 is 0. The Bertz CT molecular complexity index is 157. The minimum atomic E-state index is 0.682. The lowest BCUT2D eigenvalue weighted by atomic mass is 10.0. The molecule has 2 heteroatoms. The molecule has 0 bridgehead atoms. The summed E-state index contributed by atoms with van der Waals surface area (Å²) in [5.74, 6) is 0. The number of hydrogen-bond donors (Lipinski definition) is 0. The van der Waals surface area contributed by atoms with Gasteiger partial charge in [-0.05, 0) is 41.5 Å². The lowest BCUT2D eigenvalue weighted by Crippen LogP contribution is -2.59. The zero-order valence-corrected chi connectivity index (χ0v) is 10.6. The van der Waals surface area contributed by atoms with Crippen LogP contribution in [0.5, 0.6) is 0 Å². The van der Waals surface area contributed by atoms with E-state index in [0.717, 1.165) is 0 Å². The highest BCUT2D eigenvalue weighted by atomic mass is 15.3. The van der Waals surface area contributed by atoms with Gasteiger partial charge >= 0.3 is 0 Å². The van der Waals surface area contributed by atoms with E-state index in [4.69, 9.17) is 0 Å². The molecule has 1 rings (SSSR count). The average molecular weight is 198 g/mol. The predicted molar refractivity (Wildman–Crippen MR) is 62.6 cm³/mol. The van der Waals surface area contributed by atoms with Gasteiger partial charge in [0.15, 0.2) is 0 Å². The van der Waals surface area contributed by atoms with Crippen molar-refractivity contribution in [3.8, 4) is 0 Å². The van der Waals surface area contributed by atoms with Gasteiger partial charge in [0, 0.05) is 37.3 Å². The summed E-state index contributed by atoms with van der Waals surface area (Å²) in [5, 5.41) is 0. The van der Waals surface area contributed by atoms with Gasteiger partial charge in [0.05, 0.1) is 0 Å². The molecule has 0 aromatic heterocycles. The molecule has 84 valence electrons. The fourth-order valence-corrected chi connectivity index (χ4v) is 2.62. The van der Waals surface area contributed by atoms with Crippen LogP contribution in [0.2, 0.25) is 0 Å². The van der Waals surface area contributed by atoms with E-state index in [1.807, 2.05) is 0 Å². The number of hydrogen-bond acceptors (Lipinski definition) is 2. The SMILES string of the molecule is CC(C)N1C[C@@H](C)N(C(C)C)CC1C. The van der Waals surface area contributed by atoms with Crippen LogP contribution in [-0.4, -0.2) is 47.1 Å². The van der Waals surface area contributed by atoms with Crippen LogP contribution in [0.25, 0.3) is 0 Å². The van der Waals surface area contributed by atoms with E-state index in [2.05, 4.69) is 51.3 Å². The second kappa shape index (κ2) is 4.63. The van der Waals surface area contributed by atoms with Crippen LogP contribution in [0.3, 0.4) is 0 Å². The fourth-order valence-electron chi connectivity index (χ4n) is 2.62.